The van der Waals surface area contributed by atoms with E-state index in [1.54, 1.807) is 0 Å². The number of ether oxygens (including phenoxy) is 2. The number of benzene rings is 2. The van der Waals surface area contributed by atoms with E-state index in [4.69, 9.17) is 5.73 Å². The number of nitrogens with two attached hydrogens (primary N) is 1. The van der Waals surface area contributed by atoms with Gasteiger partial charge in [0.15, 0.2) is 0 Å². The highest BCUT2D eigenvalue weighted by Gasteiger charge is 2.18. The molecule has 0 aliphatic rings. The minimum atomic E-state index is -0.791. The fourth-order valence-electron chi connectivity index (χ4n) is 2.37. The number of amides is 1. The van der Waals surface area contributed by atoms with E-state index in [1.807, 2.05) is 30.3 Å². The molecule has 0 radical (unpaired) electrons. The third kappa shape index (κ3) is 4.90. The summed E-state index contributed by atoms with van der Waals surface area (Å²) in [4.78, 5) is 35.9. The van der Waals surface area contributed by atoms with Crippen LogP contribution in [-0.2, 0) is 20.7 Å². The molecule has 0 heterocycles. The van der Waals surface area contributed by atoms with Gasteiger partial charge in [0.2, 0.25) is 5.91 Å². The minimum absolute atomic E-state index is 0.113. The molecule has 1 amide bonds. The van der Waals surface area contributed by atoms with Gasteiger partial charge in [-0.2, -0.15) is 0 Å². The van der Waals surface area contributed by atoms with Crippen LogP contribution in [-0.4, -0.2) is 38.1 Å². The molecule has 3 N–H and O–H groups in total. The molecule has 2 rings (SSSR count). The number of nitrogens with one attached hydrogen (secondary N) is 1. The Hall–Kier alpha value is -3.19. The number of anilines is 1. The molecule has 7 heteroatoms. The lowest BCUT2D eigenvalue weighted by Gasteiger charge is -2.14. The van der Waals surface area contributed by atoms with Crippen molar-refractivity contribution in [3.05, 3.63) is 65.2 Å². The molecule has 1 atom stereocenters. The Bertz CT molecular complexity index is 771. The maximum atomic E-state index is 12.3. The zero-order chi connectivity index (χ0) is 19.1. The first-order valence-corrected chi connectivity index (χ1v) is 7.86. The van der Waals surface area contributed by atoms with Gasteiger partial charge in [0.1, 0.15) is 0 Å². The lowest BCUT2D eigenvalue weighted by atomic mass is 10.1. The third-order valence-corrected chi connectivity index (χ3v) is 3.68. The van der Waals surface area contributed by atoms with Crippen molar-refractivity contribution in [2.45, 2.75) is 12.5 Å². The number of rotatable bonds is 6. The summed E-state index contributed by atoms with van der Waals surface area (Å²) in [5.74, 6) is -1.72. The molecule has 26 heavy (non-hydrogen) atoms. The number of methoxy groups -OCH3 is 2. The summed E-state index contributed by atoms with van der Waals surface area (Å²) in [5.41, 5.74) is 7.35. The Morgan fingerprint density at radius 2 is 1.50 bits per heavy atom. The van der Waals surface area contributed by atoms with Crippen LogP contribution in [0, 0.1) is 0 Å². The Morgan fingerprint density at radius 3 is 2.00 bits per heavy atom. The molecular weight excluding hydrogens is 336 g/mol. The van der Waals surface area contributed by atoms with Crippen molar-refractivity contribution in [2.75, 3.05) is 19.5 Å². The molecule has 0 fully saturated rings. The van der Waals surface area contributed by atoms with E-state index >= 15 is 0 Å². The molecule has 0 bridgehead atoms. The van der Waals surface area contributed by atoms with Crippen molar-refractivity contribution in [2.24, 2.45) is 5.73 Å². The summed E-state index contributed by atoms with van der Waals surface area (Å²) in [6, 6.07) is 12.7. The van der Waals surface area contributed by atoms with Crippen molar-refractivity contribution in [1.29, 1.82) is 0 Å². The van der Waals surface area contributed by atoms with Gasteiger partial charge in [-0.05, 0) is 30.2 Å². The molecule has 0 aliphatic heterocycles. The molecular formula is C19H20N2O5. The topological polar surface area (TPSA) is 108 Å². The van der Waals surface area contributed by atoms with Crippen molar-refractivity contribution >= 4 is 23.5 Å². The highest BCUT2D eigenvalue weighted by molar-refractivity contribution is 6.00. The lowest BCUT2D eigenvalue weighted by Crippen LogP contribution is -2.37. The molecule has 136 valence electrons. The fraction of sp³-hybridized carbons (Fsp3) is 0.211. The van der Waals surface area contributed by atoms with Crippen LogP contribution in [0.25, 0.3) is 0 Å². The second-order valence-electron chi connectivity index (χ2n) is 5.57. The van der Waals surface area contributed by atoms with E-state index in [9.17, 15) is 14.4 Å². The number of esters is 2. The first-order chi connectivity index (χ1) is 12.4. The molecule has 0 aliphatic carbocycles. The summed E-state index contributed by atoms with van der Waals surface area (Å²) in [5, 5.41) is 2.62. The molecule has 0 aromatic heterocycles. The van der Waals surface area contributed by atoms with Crippen LogP contribution in [0.4, 0.5) is 5.69 Å². The van der Waals surface area contributed by atoms with Crippen LogP contribution < -0.4 is 11.1 Å². The van der Waals surface area contributed by atoms with Crippen LogP contribution in [0.1, 0.15) is 26.3 Å². The quantitative estimate of drug-likeness (QED) is 0.764. The van der Waals surface area contributed by atoms with E-state index < -0.39 is 23.9 Å². The molecule has 7 nitrogen and oxygen atoms in total. The molecule has 0 saturated heterocycles. The predicted molar refractivity (Wildman–Crippen MR) is 95.9 cm³/mol. The van der Waals surface area contributed by atoms with E-state index in [1.165, 1.54) is 32.4 Å². The van der Waals surface area contributed by atoms with Crippen molar-refractivity contribution in [3.8, 4) is 0 Å². The average molecular weight is 356 g/mol. The number of hydrogen-bond donors (Lipinski definition) is 2. The molecule has 2 aromatic rings. The first kappa shape index (κ1) is 19.1. The average Bonchev–Trinajstić information content (AvgIpc) is 2.67. The Balaban J connectivity index is 2.19. The number of carbonyl (C=O) groups excluding carboxylic acids is 3. The number of hydrogen-bond acceptors (Lipinski definition) is 6. The monoisotopic (exact) mass is 356 g/mol. The van der Waals surface area contributed by atoms with Gasteiger partial charge in [0.05, 0.1) is 31.4 Å². The van der Waals surface area contributed by atoms with E-state index in [0.717, 1.165) is 5.56 Å². The van der Waals surface area contributed by atoms with Crippen LogP contribution in [0.2, 0.25) is 0 Å². The SMILES string of the molecule is COC(=O)c1cc(NC(=O)[C@@H](N)Cc2ccccc2)cc(C(=O)OC)c1. The summed E-state index contributed by atoms with van der Waals surface area (Å²) >= 11 is 0. The van der Waals surface area contributed by atoms with Gasteiger partial charge < -0.3 is 20.5 Å². The zero-order valence-corrected chi connectivity index (χ0v) is 14.5. The molecule has 0 unspecified atom stereocenters. The van der Waals surface area contributed by atoms with E-state index in [-0.39, 0.29) is 16.8 Å². The minimum Gasteiger partial charge on any atom is -0.465 e. The maximum Gasteiger partial charge on any atom is 0.337 e. The first-order valence-electron chi connectivity index (χ1n) is 7.86. The van der Waals surface area contributed by atoms with Gasteiger partial charge >= 0.3 is 11.9 Å². The van der Waals surface area contributed by atoms with Gasteiger partial charge in [-0.3, -0.25) is 4.79 Å². The number of carbonyl (C=O) groups is 3. The second-order valence-corrected chi connectivity index (χ2v) is 5.57. The van der Waals surface area contributed by atoms with Crippen LogP contribution in [0.3, 0.4) is 0 Å². The predicted octanol–water partition coefficient (Wildman–Crippen LogP) is 1.77. The van der Waals surface area contributed by atoms with E-state index in [0.29, 0.717) is 6.42 Å². The van der Waals surface area contributed by atoms with Gasteiger partial charge in [-0.1, -0.05) is 30.3 Å². The van der Waals surface area contributed by atoms with Gasteiger partial charge in [-0.15, -0.1) is 0 Å². The van der Waals surface area contributed by atoms with Crippen molar-refractivity contribution < 1.29 is 23.9 Å². The molecule has 2 aromatic carbocycles. The smallest absolute Gasteiger partial charge is 0.337 e. The Morgan fingerprint density at radius 1 is 0.962 bits per heavy atom. The standard InChI is InChI=1S/C19H20N2O5/c1-25-18(23)13-9-14(19(24)26-2)11-15(10-13)21-17(22)16(20)8-12-6-4-3-5-7-12/h3-7,9-11,16H,8,20H2,1-2H3,(H,21,22)/t16-/m0/s1. The highest BCUT2D eigenvalue weighted by Crippen LogP contribution is 2.17. The summed E-state index contributed by atoms with van der Waals surface area (Å²) in [7, 11) is 2.45. The molecule has 0 saturated carbocycles. The third-order valence-electron chi connectivity index (χ3n) is 3.68. The zero-order valence-electron chi connectivity index (χ0n) is 14.5. The van der Waals surface area contributed by atoms with E-state index in [2.05, 4.69) is 14.8 Å². The normalized spacial score (nSPS) is 11.3. The Labute approximate surface area is 151 Å². The largest absolute Gasteiger partial charge is 0.465 e. The highest BCUT2D eigenvalue weighted by atomic mass is 16.5. The van der Waals surface area contributed by atoms with Crippen molar-refractivity contribution in [3.63, 3.8) is 0 Å². The summed E-state index contributed by atoms with van der Waals surface area (Å²) < 4.78 is 9.33. The van der Waals surface area contributed by atoms with Crippen LogP contribution in [0.5, 0.6) is 0 Å². The van der Waals surface area contributed by atoms with Gasteiger partial charge in [-0.25, -0.2) is 9.59 Å². The molecule has 0 spiro atoms. The maximum absolute atomic E-state index is 12.3. The Kier molecular flexibility index (Phi) is 6.46. The van der Waals surface area contributed by atoms with Gasteiger partial charge in [0, 0.05) is 5.69 Å². The fourth-order valence-corrected chi connectivity index (χ4v) is 2.37. The lowest BCUT2D eigenvalue weighted by molar-refractivity contribution is -0.117. The van der Waals surface area contributed by atoms with Crippen molar-refractivity contribution in [1.82, 2.24) is 0 Å². The summed E-state index contributed by atoms with van der Waals surface area (Å²) in [6.45, 7) is 0. The van der Waals surface area contributed by atoms with Crippen LogP contribution in [0.15, 0.2) is 48.5 Å². The summed E-state index contributed by atoms with van der Waals surface area (Å²) in [6.07, 6.45) is 0.354. The van der Waals surface area contributed by atoms with Crippen LogP contribution >= 0.6 is 0 Å². The second kappa shape index (κ2) is 8.77. The van der Waals surface area contributed by atoms with Gasteiger partial charge in [0.25, 0.3) is 0 Å².